The molecule has 2 aromatic rings. The molecule has 2 aromatic carbocycles. The van der Waals surface area contributed by atoms with E-state index in [1.807, 2.05) is 44.2 Å². The first-order chi connectivity index (χ1) is 12.0. The van der Waals surface area contributed by atoms with Gasteiger partial charge in [0, 0.05) is 18.7 Å². The standard InChI is InChI=1S/C20H25NO4/c1-6-21(13-15-8-10-17(23-3)19(11-15)25-5)20(22)16-9-7-14(2)18(12-16)24-4/h7-12H,6,13H2,1-5H3. The lowest BCUT2D eigenvalue weighted by molar-refractivity contribution is 0.0752. The summed E-state index contributed by atoms with van der Waals surface area (Å²) in [5.74, 6) is 2.01. The fourth-order valence-electron chi connectivity index (χ4n) is 2.66. The summed E-state index contributed by atoms with van der Waals surface area (Å²) in [6.07, 6.45) is 0. The van der Waals surface area contributed by atoms with E-state index in [0.29, 0.717) is 35.9 Å². The molecule has 134 valence electrons. The number of amides is 1. The van der Waals surface area contributed by atoms with Crippen LogP contribution in [0, 0.1) is 6.92 Å². The lowest BCUT2D eigenvalue weighted by Crippen LogP contribution is -2.30. The minimum Gasteiger partial charge on any atom is -0.496 e. The van der Waals surface area contributed by atoms with Gasteiger partial charge in [0.1, 0.15) is 5.75 Å². The van der Waals surface area contributed by atoms with Crippen molar-refractivity contribution in [3.63, 3.8) is 0 Å². The highest BCUT2D eigenvalue weighted by atomic mass is 16.5. The summed E-state index contributed by atoms with van der Waals surface area (Å²) in [5, 5.41) is 0. The second-order valence-electron chi connectivity index (χ2n) is 5.69. The van der Waals surface area contributed by atoms with Gasteiger partial charge in [-0.05, 0) is 49.2 Å². The number of benzene rings is 2. The maximum absolute atomic E-state index is 12.9. The van der Waals surface area contributed by atoms with Crippen molar-refractivity contribution in [1.29, 1.82) is 0 Å². The largest absolute Gasteiger partial charge is 0.496 e. The third-order valence-corrected chi connectivity index (χ3v) is 4.15. The first-order valence-corrected chi connectivity index (χ1v) is 8.18. The van der Waals surface area contributed by atoms with Gasteiger partial charge in [0.15, 0.2) is 11.5 Å². The quantitative estimate of drug-likeness (QED) is 0.769. The van der Waals surface area contributed by atoms with Crippen molar-refractivity contribution >= 4 is 5.91 Å². The van der Waals surface area contributed by atoms with Crippen LogP contribution in [0.15, 0.2) is 36.4 Å². The van der Waals surface area contributed by atoms with Crippen molar-refractivity contribution in [2.75, 3.05) is 27.9 Å². The smallest absolute Gasteiger partial charge is 0.254 e. The number of hydrogen-bond donors (Lipinski definition) is 0. The van der Waals surface area contributed by atoms with Crippen LogP contribution in [-0.4, -0.2) is 38.7 Å². The minimum atomic E-state index is -0.0319. The van der Waals surface area contributed by atoms with Crippen LogP contribution in [0.3, 0.4) is 0 Å². The Morgan fingerprint density at radius 1 is 0.920 bits per heavy atom. The second-order valence-corrected chi connectivity index (χ2v) is 5.69. The molecule has 0 saturated heterocycles. The number of carbonyl (C=O) groups is 1. The monoisotopic (exact) mass is 343 g/mol. The Kier molecular flexibility index (Phi) is 6.28. The minimum absolute atomic E-state index is 0.0319. The van der Waals surface area contributed by atoms with Crippen molar-refractivity contribution in [3.8, 4) is 17.2 Å². The van der Waals surface area contributed by atoms with E-state index in [2.05, 4.69) is 0 Å². The molecule has 0 aliphatic rings. The van der Waals surface area contributed by atoms with Crippen LogP contribution in [0.2, 0.25) is 0 Å². The zero-order valence-electron chi connectivity index (χ0n) is 15.5. The Bertz CT molecular complexity index is 742. The maximum atomic E-state index is 12.9. The van der Waals surface area contributed by atoms with Crippen LogP contribution in [0.5, 0.6) is 17.2 Å². The molecule has 0 atom stereocenters. The van der Waals surface area contributed by atoms with Crippen molar-refractivity contribution in [3.05, 3.63) is 53.1 Å². The van der Waals surface area contributed by atoms with Crippen LogP contribution in [0.4, 0.5) is 0 Å². The lowest BCUT2D eigenvalue weighted by atomic mass is 10.1. The van der Waals surface area contributed by atoms with Gasteiger partial charge in [-0.2, -0.15) is 0 Å². The first kappa shape index (κ1) is 18.6. The molecule has 0 aliphatic heterocycles. The van der Waals surface area contributed by atoms with Crippen LogP contribution in [0.1, 0.15) is 28.4 Å². The van der Waals surface area contributed by atoms with Crippen molar-refractivity contribution in [1.82, 2.24) is 4.90 Å². The molecule has 0 heterocycles. The SMILES string of the molecule is CCN(Cc1ccc(OC)c(OC)c1)C(=O)c1ccc(C)c(OC)c1. The van der Waals surface area contributed by atoms with Crippen LogP contribution < -0.4 is 14.2 Å². The molecule has 0 radical (unpaired) electrons. The number of aryl methyl sites for hydroxylation is 1. The molecule has 0 bridgehead atoms. The van der Waals surface area contributed by atoms with Gasteiger partial charge in [-0.15, -0.1) is 0 Å². The Labute approximate surface area is 149 Å². The highest BCUT2D eigenvalue weighted by Crippen LogP contribution is 2.28. The molecule has 5 nitrogen and oxygen atoms in total. The topological polar surface area (TPSA) is 48.0 Å². The van der Waals surface area contributed by atoms with Gasteiger partial charge in [0.05, 0.1) is 21.3 Å². The maximum Gasteiger partial charge on any atom is 0.254 e. The lowest BCUT2D eigenvalue weighted by Gasteiger charge is -2.22. The van der Waals surface area contributed by atoms with Gasteiger partial charge in [-0.1, -0.05) is 12.1 Å². The van der Waals surface area contributed by atoms with E-state index in [-0.39, 0.29) is 5.91 Å². The molecule has 0 saturated carbocycles. The average Bonchev–Trinajstić information content (AvgIpc) is 2.65. The number of hydrogen-bond acceptors (Lipinski definition) is 4. The van der Waals surface area contributed by atoms with E-state index in [0.717, 1.165) is 11.1 Å². The van der Waals surface area contributed by atoms with Gasteiger partial charge >= 0.3 is 0 Å². The van der Waals surface area contributed by atoms with E-state index in [4.69, 9.17) is 14.2 Å². The molecular formula is C20H25NO4. The Balaban J connectivity index is 2.23. The van der Waals surface area contributed by atoms with Crippen molar-refractivity contribution in [2.45, 2.75) is 20.4 Å². The fourth-order valence-corrected chi connectivity index (χ4v) is 2.66. The fraction of sp³-hybridized carbons (Fsp3) is 0.350. The predicted octanol–water partition coefficient (Wildman–Crippen LogP) is 3.68. The summed E-state index contributed by atoms with van der Waals surface area (Å²) in [5.41, 5.74) is 2.60. The van der Waals surface area contributed by atoms with Gasteiger partial charge in [0.25, 0.3) is 5.91 Å². The molecule has 2 rings (SSSR count). The number of carbonyl (C=O) groups excluding carboxylic acids is 1. The van der Waals surface area contributed by atoms with Gasteiger partial charge in [-0.25, -0.2) is 0 Å². The molecule has 5 heteroatoms. The molecule has 0 aromatic heterocycles. The van der Waals surface area contributed by atoms with Gasteiger partial charge in [-0.3, -0.25) is 4.79 Å². The third kappa shape index (κ3) is 4.24. The molecule has 25 heavy (non-hydrogen) atoms. The molecule has 0 spiro atoms. The van der Waals surface area contributed by atoms with E-state index in [1.54, 1.807) is 32.3 Å². The van der Waals surface area contributed by atoms with E-state index in [9.17, 15) is 4.79 Å². The zero-order valence-corrected chi connectivity index (χ0v) is 15.5. The van der Waals surface area contributed by atoms with Crippen LogP contribution >= 0.6 is 0 Å². The summed E-state index contributed by atoms with van der Waals surface area (Å²) in [6.45, 7) is 5.01. The third-order valence-electron chi connectivity index (χ3n) is 4.15. The zero-order chi connectivity index (χ0) is 18.4. The molecule has 0 fully saturated rings. The Morgan fingerprint density at radius 2 is 1.60 bits per heavy atom. The summed E-state index contributed by atoms with van der Waals surface area (Å²) in [4.78, 5) is 14.6. The highest BCUT2D eigenvalue weighted by Gasteiger charge is 2.17. The molecule has 0 aliphatic carbocycles. The van der Waals surface area contributed by atoms with Gasteiger partial charge in [0.2, 0.25) is 0 Å². The molecule has 0 unspecified atom stereocenters. The Hall–Kier alpha value is -2.69. The molecular weight excluding hydrogens is 318 g/mol. The number of rotatable bonds is 7. The first-order valence-electron chi connectivity index (χ1n) is 8.18. The van der Waals surface area contributed by atoms with E-state index in [1.165, 1.54) is 0 Å². The van der Waals surface area contributed by atoms with Gasteiger partial charge < -0.3 is 19.1 Å². The highest BCUT2D eigenvalue weighted by molar-refractivity contribution is 5.94. The van der Waals surface area contributed by atoms with Crippen molar-refractivity contribution in [2.24, 2.45) is 0 Å². The molecule has 1 amide bonds. The summed E-state index contributed by atoms with van der Waals surface area (Å²) in [7, 11) is 4.81. The summed E-state index contributed by atoms with van der Waals surface area (Å²) < 4.78 is 15.9. The summed E-state index contributed by atoms with van der Waals surface area (Å²) >= 11 is 0. The summed E-state index contributed by atoms with van der Waals surface area (Å²) in [6, 6.07) is 11.2. The number of methoxy groups -OCH3 is 3. The predicted molar refractivity (Wildman–Crippen MR) is 97.7 cm³/mol. The van der Waals surface area contributed by atoms with E-state index >= 15 is 0 Å². The van der Waals surface area contributed by atoms with Crippen LogP contribution in [0.25, 0.3) is 0 Å². The average molecular weight is 343 g/mol. The number of ether oxygens (including phenoxy) is 3. The Morgan fingerprint density at radius 3 is 2.20 bits per heavy atom. The van der Waals surface area contributed by atoms with Crippen LogP contribution in [-0.2, 0) is 6.54 Å². The van der Waals surface area contributed by atoms with Crippen molar-refractivity contribution < 1.29 is 19.0 Å². The van der Waals surface area contributed by atoms with E-state index < -0.39 is 0 Å². The number of nitrogens with zero attached hydrogens (tertiary/aromatic N) is 1. The normalized spacial score (nSPS) is 10.3. The molecule has 0 N–H and O–H groups in total. The second kappa shape index (κ2) is 8.42.